The van der Waals surface area contributed by atoms with Gasteiger partial charge in [-0.2, -0.15) is 0 Å². The standard InChI is InChI=1S/C10H12N2O2/c1-14-8-5-4-7(10(11)13)9(12-8)6-2-3-6/h4-6H,2-3H2,1H3,(H2,11,13). The fourth-order valence-electron chi connectivity index (χ4n) is 1.45. The van der Waals surface area contributed by atoms with Crippen LogP contribution in [0.5, 0.6) is 5.88 Å². The number of carbonyl (C=O) groups is 1. The molecule has 1 aromatic heterocycles. The van der Waals surface area contributed by atoms with Gasteiger partial charge in [-0.25, -0.2) is 4.98 Å². The van der Waals surface area contributed by atoms with Crippen molar-refractivity contribution < 1.29 is 9.53 Å². The van der Waals surface area contributed by atoms with Crippen LogP contribution in [-0.2, 0) is 0 Å². The zero-order chi connectivity index (χ0) is 10.1. The fraction of sp³-hybridized carbons (Fsp3) is 0.400. The Morgan fingerprint density at radius 3 is 2.79 bits per heavy atom. The highest BCUT2D eigenvalue weighted by Crippen LogP contribution is 2.41. The number of amides is 1. The predicted molar refractivity (Wildman–Crippen MR) is 51.3 cm³/mol. The Labute approximate surface area is 82.1 Å². The number of nitrogens with two attached hydrogens (primary N) is 1. The second-order valence-corrected chi connectivity index (χ2v) is 3.42. The summed E-state index contributed by atoms with van der Waals surface area (Å²) in [7, 11) is 1.56. The lowest BCUT2D eigenvalue weighted by Gasteiger charge is -2.06. The normalized spacial score (nSPS) is 15.2. The van der Waals surface area contributed by atoms with Gasteiger partial charge in [-0.1, -0.05) is 0 Å². The van der Waals surface area contributed by atoms with Crippen LogP contribution >= 0.6 is 0 Å². The maximum atomic E-state index is 11.1. The Morgan fingerprint density at radius 2 is 2.29 bits per heavy atom. The Balaban J connectivity index is 2.43. The number of hydrogen-bond acceptors (Lipinski definition) is 3. The Morgan fingerprint density at radius 1 is 1.57 bits per heavy atom. The molecule has 0 aromatic carbocycles. The Kier molecular flexibility index (Phi) is 2.11. The lowest BCUT2D eigenvalue weighted by atomic mass is 10.1. The van der Waals surface area contributed by atoms with Gasteiger partial charge < -0.3 is 10.5 Å². The van der Waals surface area contributed by atoms with Gasteiger partial charge in [0.15, 0.2) is 0 Å². The van der Waals surface area contributed by atoms with Gasteiger partial charge in [0.2, 0.25) is 5.88 Å². The number of pyridine rings is 1. The van der Waals surface area contributed by atoms with E-state index in [2.05, 4.69) is 4.98 Å². The quantitative estimate of drug-likeness (QED) is 0.778. The molecule has 0 spiro atoms. The first kappa shape index (κ1) is 8.99. The third-order valence-electron chi connectivity index (χ3n) is 2.34. The molecule has 0 bridgehead atoms. The first-order valence-electron chi connectivity index (χ1n) is 4.57. The SMILES string of the molecule is COc1ccc(C(N)=O)c(C2CC2)n1. The number of rotatable bonds is 3. The summed E-state index contributed by atoms with van der Waals surface area (Å²) < 4.78 is 5.00. The molecule has 0 atom stereocenters. The molecule has 1 saturated carbocycles. The van der Waals surface area contributed by atoms with Crippen LogP contribution in [0.4, 0.5) is 0 Å². The summed E-state index contributed by atoms with van der Waals surface area (Å²) in [5.41, 5.74) is 6.56. The number of primary amides is 1. The highest BCUT2D eigenvalue weighted by molar-refractivity contribution is 5.94. The highest BCUT2D eigenvalue weighted by atomic mass is 16.5. The van der Waals surface area contributed by atoms with E-state index < -0.39 is 5.91 Å². The summed E-state index contributed by atoms with van der Waals surface area (Å²) in [4.78, 5) is 15.3. The zero-order valence-corrected chi connectivity index (χ0v) is 7.99. The van der Waals surface area contributed by atoms with Gasteiger partial charge in [-0.15, -0.1) is 0 Å². The minimum Gasteiger partial charge on any atom is -0.481 e. The van der Waals surface area contributed by atoms with Crippen LogP contribution < -0.4 is 10.5 Å². The van der Waals surface area contributed by atoms with E-state index >= 15 is 0 Å². The molecule has 2 rings (SSSR count). The van der Waals surface area contributed by atoms with E-state index in [0.717, 1.165) is 18.5 Å². The van der Waals surface area contributed by atoms with E-state index in [4.69, 9.17) is 10.5 Å². The van der Waals surface area contributed by atoms with Gasteiger partial charge in [0.25, 0.3) is 5.91 Å². The van der Waals surface area contributed by atoms with Crippen molar-refractivity contribution in [1.82, 2.24) is 4.98 Å². The molecular weight excluding hydrogens is 180 g/mol. The highest BCUT2D eigenvalue weighted by Gasteiger charge is 2.29. The Hall–Kier alpha value is -1.58. The summed E-state index contributed by atoms with van der Waals surface area (Å²) in [6.45, 7) is 0. The maximum absolute atomic E-state index is 11.1. The van der Waals surface area contributed by atoms with E-state index in [1.807, 2.05) is 0 Å². The molecule has 0 saturated heterocycles. The summed E-state index contributed by atoms with van der Waals surface area (Å²) in [6, 6.07) is 3.34. The molecule has 14 heavy (non-hydrogen) atoms. The van der Waals surface area contributed by atoms with Crippen LogP contribution in [0, 0.1) is 0 Å². The van der Waals surface area contributed by atoms with Crippen LogP contribution in [0.25, 0.3) is 0 Å². The van der Waals surface area contributed by atoms with Crippen LogP contribution in [0.1, 0.15) is 34.8 Å². The minimum absolute atomic E-state index is 0.396. The van der Waals surface area contributed by atoms with Crippen molar-refractivity contribution in [3.05, 3.63) is 23.4 Å². The molecule has 1 amide bonds. The first-order chi connectivity index (χ1) is 6.72. The van der Waals surface area contributed by atoms with Crippen molar-refractivity contribution in [2.24, 2.45) is 5.73 Å². The van der Waals surface area contributed by atoms with E-state index in [0.29, 0.717) is 17.4 Å². The monoisotopic (exact) mass is 192 g/mol. The third kappa shape index (κ3) is 1.55. The molecule has 2 N–H and O–H groups in total. The molecule has 0 aliphatic heterocycles. The maximum Gasteiger partial charge on any atom is 0.250 e. The summed E-state index contributed by atoms with van der Waals surface area (Å²) in [5.74, 6) is 0.520. The number of nitrogens with zero attached hydrogens (tertiary/aromatic N) is 1. The summed E-state index contributed by atoms with van der Waals surface area (Å²) in [6.07, 6.45) is 2.17. The van der Waals surface area contributed by atoms with Gasteiger partial charge in [0.1, 0.15) is 0 Å². The summed E-state index contributed by atoms with van der Waals surface area (Å²) in [5, 5.41) is 0. The van der Waals surface area contributed by atoms with Gasteiger partial charge in [-0.3, -0.25) is 4.79 Å². The van der Waals surface area contributed by atoms with Gasteiger partial charge >= 0.3 is 0 Å². The molecule has 1 aromatic rings. The second kappa shape index (κ2) is 3.29. The minimum atomic E-state index is -0.415. The van der Waals surface area contributed by atoms with Crippen molar-refractivity contribution in [3.8, 4) is 5.88 Å². The molecule has 0 radical (unpaired) electrons. The first-order valence-corrected chi connectivity index (χ1v) is 4.57. The molecule has 74 valence electrons. The molecule has 4 nitrogen and oxygen atoms in total. The van der Waals surface area contributed by atoms with Gasteiger partial charge in [0.05, 0.1) is 18.4 Å². The van der Waals surface area contributed by atoms with Crippen molar-refractivity contribution in [1.29, 1.82) is 0 Å². The molecule has 1 fully saturated rings. The van der Waals surface area contributed by atoms with Gasteiger partial charge in [-0.05, 0) is 18.9 Å². The number of hydrogen-bond donors (Lipinski definition) is 1. The lowest BCUT2D eigenvalue weighted by Crippen LogP contribution is -2.14. The third-order valence-corrected chi connectivity index (χ3v) is 2.34. The van der Waals surface area contributed by atoms with E-state index in [9.17, 15) is 4.79 Å². The van der Waals surface area contributed by atoms with Crippen molar-refractivity contribution in [2.45, 2.75) is 18.8 Å². The largest absolute Gasteiger partial charge is 0.481 e. The average molecular weight is 192 g/mol. The smallest absolute Gasteiger partial charge is 0.250 e. The molecule has 1 aliphatic carbocycles. The van der Waals surface area contributed by atoms with Crippen molar-refractivity contribution >= 4 is 5.91 Å². The molecule has 4 heteroatoms. The van der Waals surface area contributed by atoms with Gasteiger partial charge in [0, 0.05) is 12.0 Å². The predicted octanol–water partition coefficient (Wildman–Crippen LogP) is 1.07. The van der Waals surface area contributed by atoms with E-state index in [1.54, 1.807) is 19.2 Å². The van der Waals surface area contributed by atoms with Crippen molar-refractivity contribution in [3.63, 3.8) is 0 Å². The van der Waals surface area contributed by atoms with E-state index in [1.165, 1.54) is 0 Å². The molecular formula is C10H12N2O2. The average Bonchev–Trinajstić information content (AvgIpc) is 3.00. The van der Waals surface area contributed by atoms with Crippen LogP contribution in [0.15, 0.2) is 12.1 Å². The number of methoxy groups -OCH3 is 1. The molecule has 0 unspecified atom stereocenters. The fourth-order valence-corrected chi connectivity index (χ4v) is 1.45. The van der Waals surface area contributed by atoms with Crippen LogP contribution in [-0.4, -0.2) is 18.0 Å². The number of ether oxygens (including phenoxy) is 1. The molecule has 1 aliphatic rings. The summed E-state index contributed by atoms with van der Waals surface area (Å²) >= 11 is 0. The number of carbonyl (C=O) groups excluding carboxylic acids is 1. The topological polar surface area (TPSA) is 65.2 Å². The lowest BCUT2D eigenvalue weighted by molar-refractivity contribution is 0.0999. The Bertz CT molecular complexity index is 372. The number of aromatic nitrogens is 1. The molecule has 1 heterocycles. The zero-order valence-electron chi connectivity index (χ0n) is 7.99. The van der Waals surface area contributed by atoms with Crippen molar-refractivity contribution in [2.75, 3.05) is 7.11 Å². The second-order valence-electron chi connectivity index (χ2n) is 3.42. The van der Waals surface area contributed by atoms with Crippen LogP contribution in [0.2, 0.25) is 0 Å². The van der Waals surface area contributed by atoms with E-state index in [-0.39, 0.29) is 0 Å². The van der Waals surface area contributed by atoms with Crippen LogP contribution in [0.3, 0.4) is 0 Å².